The van der Waals surface area contributed by atoms with Crippen molar-refractivity contribution in [3.8, 4) is 0 Å². The second kappa shape index (κ2) is 11.9. The van der Waals surface area contributed by atoms with Gasteiger partial charge in [-0.05, 0) is 25.7 Å². The van der Waals surface area contributed by atoms with Crippen LogP contribution in [0.1, 0.15) is 98.3 Å². The molecular formula is C21H40N+. The maximum absolute atomic E-state index is 2.71. The Morgan fingerprint density at radius 2 is 1.55 bits per heavy atom. The van der Waals surface area contributed by atoms with Crippen LogP contribution in [0.4, 0.5) is 0 Å². The zero-order valence-electron chi connectivity index (χ0n) is 15.7. The van der Waals surface area contributed by atoms with Crippen molar-refractivity contribution in [1.29, 1.82) is 0 Å². The van der Waals surface area contributed by atoms with Crippen LogP contribution in [-0.4, -0.2) is 23.4 Å². The SMILES string of the molecule is CCCCC[C@@H]1[C@@H](CCCC)C=C(CCCC)C=[N+]1CCC. The van der Waals surface area contributed by atoms with E-state index in [-0.39, 0.29) is 0 Å². The van der Waals surface area contributed by atoms with Gasteiger partial charge in [-0.1, -0.05) is 65.9 Å². The highest BCUT2D eigenvalue weighted by molar-refractivity contribution is 5.75. The van der Waals surface area contributed by atoms with Gasteiger partial charge >= 0.3 is 0 Å². The zero-order chi connectivity index (χ0) is 16.2. The van der Waals surface area contributed by atoms with Crippen LogP contribution in [0, 0.1) is 5.92 Å². The van der Waals surface area contributed by atoms with E-state index < -0.39 is 0 Å². The van der Waals surface area contributed by atoms with Gasteiger partial charge in [-0.2, -0.15) is 0 Å². The third kappa shape index (κ3) is 6.67. The van der Waals surface area contributed by atoms with Gasteiger partial charge in [0.2, 0.25) is 0 Å². The fourth-order valence-electron chi connectivity index (χ4n) is 3.70. The van der Waals surface area contributed by atoms with Crippen molar-refractivity contribution in [2.75, 3.05) is 6.54 Å². The molecule has 0 N–H and O–H groups in total. The van der Waals surface area contributed by atoms with E-state index in [1.165, 1.54) is 77.2 Å². The average Bonchev–Trinajstić information content (AvgIpc) is 2.53. The second-order valence-corrected chi connectivity index (χ2v) is 7.08. The molecule has 1 nitrogen and oxygen atoms in total. The van der Waals surface area contributed by atoms with Gasteiger partial charge < -0.3 is 0 Å². The first kappa shape index (κ1) is 19.5. The molecular weight excluding hydrogens is 266 g/mol. The molecule has 0 fully saturated rings. The zero-order valence-corrected chi connectivity index (χ0v) is 15.7. The van der Waals surface area contributed by atoms with E-state index in [1.54, 1.807) is 5.57 Å². The van der Waals surface area contributed by atoms with Gasteiger partial charge in [0, 0.05) is 24.3 Å². The van der Waals surface area contributed by atoms with Crippen molar-refractivity contribution >= 4 is 6.21 Å². The number of hydrogen-bond acceptors (Lipinski definition) is 0. The van der Waals surface area contributed by atoms with Gasteiger partial charge in [0.25, 0.3) is 0 Å². The Morgan fingerprint density at radius 3 is 2.18 bits per heavy atom. The number of rotatable bonds is 12. The van der Waals surface area contributed by atoms with Crippen LogP contribution < -0.4 is 0 Å². The minimum atomic E-state index is 0.767. The fraction of sp³-hybridized carbons (Fsp3) is 0.857. The standard InChI is InChI=1S/C21H40N/c1-5-9-12-15-21-20(14-11-7-3)17-19(13-10-6-2)18-22(21)16-8-4/h17-18,20-21H,5-16H2,1-4H3/q+1/t20-,21+/m0/s1. The molecule has 0 amide bonds. The number of hydrogen-bond donors (Lipinski definition) is 0. The predicted octanol–water partition coefficient (Wildman–Crippen LogP) is 6.37. The fourth-order valence-corrected chi connectivity index (χ4v) is 3.70. The van der Waals surface area contributed by atoms with Crippen molar-refractivity contribution in [3.63, 3.8) is 0 Å². The summed E-state index contributed by atoms with van der Waals surface area (Å²) in [5.41, 5.74) is 1.61. The van der Waals surface area contributed by atoms with Gasteiger partial charge in [0.1, 0.15) is 6.54 Å². The van der Waals surface area contributed by atoms with Crippen LogP contribution in [-0.2, 0) is 0 Å². The third-order valence-corrected chi connectivity index (χ3v) is 4.98. The molecule has 0 aromatic heterocycles. The smallest absolute Gasteiger partial charge is 0.166 e. The number of unbranched alkanes of at least 4 members (excludes halogenated alkanes) is 4. The Hall–Kier alpha value is -0.590. The van der Waals surface area contributed by atoms with E-state index >= 15 is 0 Å². The first-order valence-electron chi connectivity index (χ1n) is 10.1. The van der Waals surface area contributed by atoms with Gasteiger partial charge in [-0.15, -0.1) is 0 Å². The molecule has 1 heterocycles. The Bertz CT molecular complexity index is 340. The first-order valence-corrected chi connectivity index (χ1v) is 10.1. The van der Waals surface area contributed by atoms with E-state index in [4.69, 9.17) is 0 Å². The van der Waals surface area contributed by atoms with E-state index in [1.807, 2.05) is 0 Å². The molecule has 0 spiro atoms. The van der Waals surface area contributed by atoms with E-state index in [0.717, 1.165) is 12.0 Å². The largest absolute Gasteiger partial charge is 0.233 e. The Balaban J connectivity index is 2.82. The maximum atomic E-state index is 2.71. The molecule has 0 unspecified atom stereocenters. The van der Waals surface area contributed by atoms with Crippen LogP contribution in [0.15, 0.2) is 11.6 Å². The molecule has 1 rings (SSSR count). The normalized spacial score (nSPS) is 21.6. The lowest BCUT2D eigenvalue weighted by atomic mass is 9.85. The molecule has 1 heteroatoms. The summed E-state index contributed by atoms with van der Waals surface area (Å²) in [4.78, 5) is 0. The molecule has 0 aliphatic carbocycles. The van der Waals surface area contributed by atoms with Crippen molar-refractivity contribution in [1.82, 2.24) is 0 Å². The number of nitrogens with zero attached hydrogens (tertiary/aromatic N) is 1. The van der Waals surface area contributed by atoms with Crippen LogP contribution in [0.25, 0.3) is 0 Å². The van der Waals surface area contributed by atoms with Crippen LogP contribution >= 0.6 is 0 Å². The minimum absolute atomic E-state index is 0.767. The molecule has 0 bridgehead atoms. The molecule has 0 radical (unpaired) electrons. The van der Waals surface area contributed by atoms with Gasteiger partial charge in [-0.3, -0.25) is 0 Å². The summed E-state index contributed by atoms with van der Waals surface area (Å²) in [6, 6.07) is 0.767. The van der Waals surface area contributed by atoms with Gasteiger partial charge in [0.15, 0.2) is 12.3 Å². The van der Waals surface area contributed by atoms with E-state index in [9.17, 15) is 0 Å². The minimum Gasteiger partial charge on any atom is -0.233 e. The summed E-state index contributed by atoms with van der Waals surface area (Å²) in [6.45, 7) is 10.5. The molecule has 128 valence electrons. The van der Waals surface area contributed by atoms with E-state index in [0.29, 0.717) is 0 Å². The third-order valence-electron chi connectivity index (χ3n) is 4.98. The van der Waals surface area contributed by atoms with Gasteiger partial charge in [0.05, 0.1) is 0 Å². The summed E-state index contributed by atoms with van der Waals surface area (Å²) in [5, 5.41) is 0. The number of allylic oxidation sites excluding steroid dienone is 1. The summed E-state index contributed by atoms with van der Waals surface area (Å²) >= 11 is 0. The van der Waals surface area contributed by atoms with Crippen molar-refractivity contribution in [2.45, 2.75) is 104 Å². The summed E-state index contributed by atoms with van der Waals surface area (Å²) in [5.74, 6) is 0.792. The molecule has 22 heavy (non-hydrogen) atoms. The first-order chi connectivity index (χ1) is 10.8. The van der Waals surface area contributed by atoms with Crippen molar-refractivity contribution in [2.24, 2.45) is 5.92 Å². The highest BCUT2D eigenvalue weighted by Crippen LogP contribution is 2.27. The Morgan fingerprint density at radius 1 is 0.818 bits per heavy atom. The summed E-state index contributed by atoms with van der Waals surface area (Å²) in [6.07, 6.45) is 20.0. The molecule has 0 saturated heterocycles. The lowest BCUT2D eigenvalue weighted by Crippen LogP contribution is -2.37. The Labute approximate surface area is 139 Å². The van der Waals surface area contributed by atoms with Crippen molar-refractivity contribution < 1.29 is 4.58 Å². The highest BCUT2D eigenvalue weighted by Gasteiger charge is 2.31. The highest BCUT2D eigenvalue weighted by atomic mass is 15.0. The molecule has 0 aromatic carbocycles. The lowest BCUT2D eigenvalue weighted by Gasteiger charge is -2.27. The molecule has 1 aliphatic rings. The summed E-state index contributed by atoms with van der Waals surface area (Å²) in [7, 11) is 0. The molecule has 1 aliphatic heterocycles. The molecule has 0 aromatic rings. The van der Waals surface area contributed by atoms with E-state index in [2.05, 4.69) is 44.6 Å². The van der Waals surface area contributed by atoms with Crippen LogP contribution in [0.3, 0.4) is 0 Å². The maximum Gasteiger partial charge on any atom is 0.166 e. The quantitative estimate of drug-likeness (QED) is 0.291. The topological polar surface area (TPSA) is 3.01 Å². The molecule has 0 saturated carbocycles. The van der Waals surface area contributed by atoms with Crippen LogP contribution in [0.2, 0.25) is 0 Å². The predicted molar refractivity (Wildman–Crippen MR) is 100 cm³/mol. The van der Waals surface area contributed by atoms with Crippen LogP contribution in [0.5, 0.6) is 0 Å². The summed E-state index contributed by atoms with van der Waals surface area (Å²) < 4.78 is 2.71. The Kier molecular flexibility index (Phi) is 10.5. The van der Waals surface area contributed by atoms with Gasteiger partial charge in [-0.25, -0.2) is 4.58 Å². The second-order valence-electron chi connectivity index (χ2n) is 7.08. The van der Waals surface area contributed by atoms with Crippen molar-refractivity contribution in [3.05, 3.63) is 11.6 Å². The average molecular weight is 307 g/mol. The lowest BCUT2D eigenvalue weighted by molar-refractivity contribution is -0.571. The monoisotopic (exact) mass is 306 g/mol. The molecule has 2 atom stereocenters.